The number of carbonyl (C=O) groups excluding carboxylic acids is 2. The van der Waals surface area contributed by atoms with Crippen LogP contribution in [0, 0.1) is 0 Å². The van der Waals surface area contributed by atoms with Gasteiger partial charge in [0.1, 0.15) is 0 Å². The number of benzene rings is 2. The van der Waals surface area contributed by atoms with Crippen LogP contribution in [-0.2, 0) is 20.4 Å². The summed E-state index contributed by atoms with van der Waals surface area (Å²) < 4.78 is 0. The molecule has 0 heterocycles. The summed E-state index contributed by atoms with van der Waals surface area (Å²) in [5.41, 5.74) is 9.30. The van der Waals surface area contributed by atoms with Gasteiger partial charge >= 0.3 is 0 Å². The van der Waals surface area contributed by atoms with Gasteiger partial charge in [0.15, 0.2) is 0 Å². The van der Waals surface area contributed by atoms with Crippen molar-refractivity contribution >= 4 is 24.2 Å². The van der Waals surface area contributed by atoms with Crippen LogP contribution in [0.25, 0.3) is 0 Å². The largest absolute Gasteiger partial charge is 0.273 e. The molecule has 0 radical (unpaired) electrons. The van der Waals surface area contributed by atoms with Gasteiger partial charge in [-0.3, -0.25) is 9.59 Å². The maximum Gasteiger partial charge on any atom is 0.240 e. The summed E-state index contributed by atoms with van der Waals surface area (Å²) in [5, 5.41) is 7.90. The minimum Gasteiger partial charge on any atom is -0.273 e. The Hall–Kier alpha value is -3.28. The molecule has 170 valence electrons. The maximum absolute atomic E-state index is 11.9. The molecule has 2 rings (SSSR count). The number of rotatable bonds is 7. The molecular formula is C26H34N4O2. The molecule has 0 aliphatic rings. The summed E-state index contributed by atoms with van der Waals surface area (Å²) in [5.74, 6) is -0.658. The highest BCUT2D eigenvalue weighted by atomic mass is 16.2. The highest BCUT2D eigenvalue weighted by Gasteiger charge is 2.13. The van der Waals surface area contributed by atoms with E-state index in [9.17, 15) is 9.59 Å². The molecule has 2 aromatic carbocycles. The van der Waals surface area contributed by atoms with Crippen molar-refractivity contribution in [1.82, 2.24) is 10.9 Å². The number of nitrogens with zero attached hydrogens (tertiary/aromatic N) is 2. The van der Waals surface area contributed by atoms with Gasteiger partial charge in [-0.2, -0.15) is 10.2 Å². The van der Waals surface area contributed by atoms with Crippen molar-refractivity contribution in [2.45, 2.75) is 65.2 Å². The minimum absolute atomic E-state index is 0.0297. The first-order valence-corrected chi connectivity index (χ1v) is 10.8. The van der Waals surface area contributed by atoms with Crippen LogP contribution < -0.4 is 10.9 Å². The normalized spacial score (nSPS) is 12.3. The average molecular weight is 435 g/mol. The molecular weight excluding hydrogens is 400 g/mol. The second-order valence-electron chi connectivity index (χ2n) is 9.83. The smallest absolute Gasteiger partial charge is 0.240 e. The molecule has 2 N–H and O–H groups in total. The van der Waals surface area contributed by atoms with Gasteiger partial charge in [-0.15, -0.1) is 0 Å². The van der Waals surface area contributed by atoms with E-state index in [1.54, 1.807) is 12.4 Å². The number of hydrogen-bond donors (Lipinski definition) is 2. The molecule has 2 aromatic rings. The molecule has 0 aliphatic carbocycles. The van der Waals surface area contributed by atoms with E-state index in [-0.39, 0.29) is 35.5 Å². The van der Waals surface area contributed by atoms with Crippen molar-refractivity contribution in [3.63, 3.8) is 0 Å². The van der Waals surface area contributed by atoms with Crippen molar-refractivity contribution in [2.75, 3.05) is 0 Å². The quantitative estimate of drug-likeness (QED) is 0.491. The monoisotopic (exact) mass is 434 g/mol. The molecule has 0 aromatic heterocycles. The average Bonchev–Trinajstić information content (AvgIpc) is 2.72. The topological polar surface area (TPSA) is 82.9 Å². The first-order chi connectivity index (χ1) is 14.9. The van der Waals surface area contributed by atoms with Crippen molar-refractivity contribution in [2.24, 2.45) is 10.2 Å². The number of amides is 2. The molecule has 32 heavy (non-hydrogen) atoms. The zero-order valence-electron chi connectivity index (χ0n) is 19.9. The fourth-order valence-corrected chi connectivity index (χ4v) is 2.83. The zero-order chi connectivity index (χ0) is 23.8. The summed E-state index contributed by atoms with van der Waals surface area (Å²) in [6.45, 7) is 12.9. The van der Waals surface area contributed by atoms with Gasteiger partial charge in [0, 0.05) is 12.8 Å². The standard InChI is InChI=1S/C26H34N4O2/c1-25(2,3)21-11-7-19(8-12-21)17-27-29-23(31)15-16-24(32)30-28-18-20-9-13-22(14-10-20)26(4,5)6/h7-14,17-18H,15-16H2,1-6H3,(H,29,31)(H,30,32). The SMILES string of the molecule is CC(C)(C)c1ccc(C=NNC(=O)CCC(=O)NN=Cc2ccc(C(C)(C)C)cc2)cc1. The Bertz CT molecular complexity index is 879. The number of hydrazone groups is 2. The molecule has 2 amide bonds. The molecule has 0 saturated carbocycles. The lowest BCUT2D eigenvalue weighted by Crippen LogP contribution is -2.22. The first kappa shape index (κ1) is 25.0. The third kappa shape index (κ3) is 8.46. The molecule has 0 aliphatic heterocycles. The summed E-state index contributed by atoms with van der Waals surface area (Å²) in [4.78, 5) is 23.8. The van der Waals surface area contributed by atoms with E-state index >= 15 is 0 Å². The number of carbonyl (C=O) groups is 2. The van der Waals surface area contributed by atoms with Gasteiger partial charge in [0.05, 0.1) is 12.4 Å². The Morgan fingerprint density at radius 1 is 0.656 bits per heavy atom. The van der Waals surface area contributed by atoms with E-state index in [0.717, 1.165) is 11.1 Å². The summed E-state index contributed by atoms with van der Waals surface area (Å²) >= 11 is 0. The summed E-state index contributed by atoms with van der Waals surface area (Å²) in [7, 11) is 0. The second kappa shape index (κ2) is 10.8. The zero-order valence-corrected chi connectivity index (χ0v) is 19.9. The molecule has 0 spiro atoms. The van der Waals surface area contributed by atoms with Crippen LogP contribution in [0.3, 0.4) is 0 Å². The molecule has 0 atom stereocenters. The lowest BCUT2D eigenvalue weighted by atomic mass is 9.87. The minimum atomic E-state index is -0.329. The van der Waals surface area contributed by atoms with Gasteiger partial charge in [0.2, 0.25) is 11.8 Å². The van der Waals surface area contributed by atoms with Crippen LogP contribution in [0.5, 0.6) is 0 Å². The van der Waals surface area contributed by atoms with Crippen LogP contribution in [0.15, 0.2) is 58.7 Å². The van der Waals surface area contributed by atoms with E-state index in [2.05, 4.69) is 62.6 Å². The fourth-order valence-electron chi connectivity index (χ4n) is 2.83. The summed E-state index contributed by atoms with van der Waals surface area (Å²) in [6.07, 6.45) is 3.23. The molecule has 0 bridgehead atoms. The fraction of sp³-hybridized carbons (Fsp3) is 0.385. The van der Waals surface area contributed by atoms with E-state index < -0.39 is 0 Å². The van der Waals surface area contributed by atoms with Crippen molar-refractivity contribution in [3.8, 4) is 0 Å². The molecule has 0 saturated heterocycles. The third-order valence-electron chi connectivity index (χ3n) is 4.94. The van der Waals surface area contributed by atoms with Crippen molar-refractivity contribution in [3.05, 3.63) is 70.8 Å². The molecule has 6 heteroatoms. The van der Waals surface area contributed by atoms with Gasteiger partial charge in [-0.05, 0) is 33.1 Å². The van der Waals surface area contributed by atoms with Gasteiger partial charge < -0.3 is 0 Å². The number of nitrogens with one attached hydrogen (secondary N) is 2. The highest BCUT2D eigenvalue weighted by Crippen LogP contribution is 2.22. The van der Waals surface area contributed by atoms with Crippen molar-refractivity contribution < 1.29 is 9.59 Å². The third-order valence-corrected chi connectivity index (χ3v) is 4.94. The maximum atomic E-state index is 11.9. The van der Waals surface area contributed by atoms with Crippen LogP contribution in [0.1, 0.15) is 76.6 Å². The lowest BCUT2D eigenvalue weighted by molar-refractivity contribution is -0.126. The Kier molecular flexibility index (Phi) is 8.47. The van der Waals surface area contributed by atoms with Crippen LogP contribution in [-0.4, -0.2) is 24.2 Å². The van der Waals surface area contributed by atoms with E-state index in [4.69, 9.17) is 0 Å². The molecule has 0 fully saturated rings. The van der Waals surface area contributed by atoms with E-state index in [1.807, 2.05) is 48.5 Å². The first-order valence-electron chi connectivity index (χ1n) is 10.8. The van der Waals surface area contributed by atoms with E-state index in [0.29, 0.717) is 0 Å². The van der Waals surface area contributed by atoms with Gasteiger partial charge in [-0.1, -0.05) is 90.1 Å². The number of hydrogen-bond acceptors (Lipinski definition) is 4. The van der Waals surface area contributed by atoms with Crippen LogP contribution >= 0.6 is 0 Å². The van der Waals surface area contributed by atoms with Crippen LogP contribution in [0.2, 0.25) is 0 Å². The second-order valence-corrected chi connectivity index (χ2v) is 9.83. The predicted molar refractivity (Wildman–Crippen MR) is 131 cm³/mol. The van der Waals surface area contributed by atoms with E-state index in [1.165, 1.54) is 11.1 Å². The predicted octanol–water partition coefficient (Wildman–Crippen LogP) is 4.66. The van der Waals surface area contributed by atoms with Crippen LogP contribution in [0.4, 0.5) is 0 Å². The Morgan fingerprint density at radius 2 is 0.969 bits per heavy atom. The van der Waals surface area contributed by atoms with Gasteiger partial charge in [0.25, 0.3) is 0 Å². The Labute approximate surface area is 191 Å². The Morgan fingerprint density at radius 3 is 1.25 bits per heavy atom. The lowest BCUT2D eigenvalue weighted by Gasteiger charge is -2.18. The highest BCUT2D eigenvalue weighted by molar-refractivity contribution is 5.86. The van der Waals surface area contributed by atoms with Crippen molar-refractivity contribution in [1.29, 1.82) is 0 Å². The summed E-state index contributed by atoms with van der Waals surface area (Å²) in [6, 6.07) is 16.0. The molecule has 6 nitrogen and oxygen atoms in total. The Balaban J connectivity index is 1.72. The van der Waals surface area contributed by atoms with Gasteiger partial charge in [-0.25, -0.2) is 10.9 Å². The molecule has 0 unspecified atom stereocenters.